The zero-order valence-electron chi connectivity index (χ0n) is 13.3. The largest absolute Gasteiger partial charge is 0.468 e. The van der Waals surface area contributed by atoms with Crippen LogP contribution >= 0.6 is 0 Å². The Morgan fingerprint density at radius 1 is 1.23 bits per heavy atom. The highest BCUT2D eigenvalue weighted by Gasteiger charge is 2.45. The van der Waals surface area contributed by atoms with E-state index in [9.17, 15) is 9.59 Å². The number of hydrogen-bond acceptors (Lipinski definition) is 4. The summed E-state index contributed by atoms with van der Waals surface area (Å²) in [5, 5.41) is 3.33. The minimum Gasteiger partial charge on any atom is -0.468 e. The number of rotatable bonds is 6. The van der Waals surface area contributed by atoms with E-state index in [0.29, 0.717) is 19.3 Å². The van der Waals surface area contributed by atoms with E-state index in [1.807, 2.05) is 30.3 Å². The molecule has 1 aliphatic rings. The van der Waals surface area contributed by atoms with Gasteiger partial charge in [0.15, 0.2) is 0 Å². The van der Waals surface area contributed by atoms with Crippen molar-refractivity contribution in [2.24, 2.45) is 5.41 Å². The summed E-state index contributed by atoms with van der Waals surface area (Å²) in [5.41, 5.74) is 0.144. The van der Waals surface area contributed by atoms with E-state index in [4.69, 9.17) is 4.74 Å². The van der Waals surface area contributed by atoms with Crippen LogP contribution in [0.15, 0.2) is 30.3 Å². The van der Waals surface area contributed by atoms with E-state index in [1.165, 1.54) is 7.11 Å². The van der Waals surface area contributed by atoms with Gasteiger partial charge in [-0.2, -0.15) is 0 Å². The maximum Gasteiger partial charge on any atom is 0.319 e. The molecule has 0 heterocycles. The number of nitrogens with one attached hydrogen (secondary N) is 1. The first-order chi connectivity index (χ1) is 10.7. The summed E-state index contributed by atoms with van der Waals surface area (Å²) in [7, 11) is 1.38. The van der Waals surface area contributed by atoms with Gasteiger partial charge in [-0.1, -0.05) is 31.0 Å². The fraction of sp³-hybridized carbons (Fsp3) is 0.556. The molecule has 1 aromatic rings. The molecule has 1 saturated carbocycles. The van der Waals surface area contributed by atoms with Gasteiger partial charge in [0, 0.05) is 18.7 Å². The van der Waals surface area contributed by atoms with Crippen LogP contribution in [0.3, 0.4) is 0 Å². The van der Waals surface area contributed by atoms with Gasteiger partial charge in [-0.25, -0.2) is 0 Å². The number of ether oxygens (including phenoxy) is 1. The van der Waals surface area contributed by atoms with Gasteiger partial charge >= 0.3 is 5.97 Å². The Hall–Kier alpha value is -1.84. The van der Waals surface area contributed by atoms with Crippen molar-refractivity contribution < 1.29 is 14.3 Å². The molecule has 1 aromatic carbocycles. The molecule has 1 aliphatic carbocycles. The first-order valence-corrected chi connectivity index (χ1v) is 8.10. The second kappa shape index (κ2) is 7.97. The molecule has 0 amide bonds. The van der Waals surface area contributed by atoms with Crippen molar-refractivity contribution in [3.63, 3.8) is 0 Å². The Morgan fingerprint density at radius 3 is 2.73 bits per heavy atom. The first-order valence-electron chi connectivity index (χ1n) is 8.10. The number of benzene rings is 1. The molecule has 120 valence electrons. The van der Waals surface area contributed by atoms with Crippen LogP contribution in [0, 0.1) is 5.41 Å². The maximum atomic E-state index is 12.5. The SMILES string of the molecule is COC(=O)C1(CCCNc2ccccc2)CCCCCC1=O. The van der Waals surface area contributed by atoms with Crippen LogP contribution in [-0.2, 0) is 14.3 Å². The average molecular weight is 303 g/mol. The van der Waals surface area contributed by atoms with E-state index >= 15 is 0 Å². The highest BCUT2D eigenvalue weighted by atomic mass is 16.5. The van der Waals surface area contributed by atoms with Crippen LogP contribution < -0.4 is 5.32 Å². The van der Waals surface area contributed by atoms with E-state index in [1.54, 1.807) is 0 Å². The lowest BCUT2D eigenvalue weighted by Crippen LogP contribution is -2.40. The number of carbonyl (C=O) groups excluding carboxylic acids is 2. The number of ketones is 1. The number of anilines is 1. The molecule has 0 saturated heterocycles. The molecule has 1 atom stereocenters. The molecular formula is C18H25NO3. The van der Waals surface area contributed by atoms with Crippen molar-refractivity contribution in [3.05, 3.63) is 30.3 Å². The maximum absolute atomic E-state index is 12.5. The molecule has 0 bridgehead atoms. The first kappa shape index (κ1) is 16.5. The summed E-state index contributed by atoms with van der Waals surface area (Å²) < 4.78 is 4.95. The van der Waals surface area contributed by atoms with E-state index in [-0.39, 0.29) is 11.8 Å². The van der Waals surface area contributed by atoms with Gasteiger partial charge in [-0.15, -0.1) is 0 Å². The van der Waals surface area contributed by atoms with Gasteiger partial charge in [0.25, 0.3) is 0 Å². The van der Waals surface area contributed by atoms with Gasteiger partial charge in [0.05, 0.1) is 7.11 Å². The smallest absolute Gasteiger partial charge is 0.319 e. The molecule has 4 nitrogen and oxygen atoms in total. The lowest BCUT2D eigenvalue weighted by atomic mass is 9.75. The van der Waals surface area contributed by atoms with Crippen LogP contribution in [-0.4, -0.2) is 25.4 Å². The molecule has 1 N–H and O–H groups in total. The highest BCUT2D eigenvalue weighted by molar-refractivity contribution is 6.03. The normalized spacial score (nSPS) is 22.0. The van der Waals surface area contributed by atoms with Crippen LogP contribution in [0.5, 0.6) is 0 Å². The van der Waals surface area contributed by atoms with Crippen LogP contribution in [0.2, 0.25) is 0 Å². The lowest BCUT2D eigenvalue weighted by Gasteiger charge is -2.28. The van der Waals surface area contributed by atoms with Crippen molar-refractivity contribution >= 4 is 17.4 Å². The number of carbonyl (C=O) groups is 2. The molecule has 0 radical (unpaired) electrons. The quantitative estimate of drug-likeness (QED) is 0.378. The van der Waals surface area contributed by atoms with Crippen molar-refractivity contribution in [1.82, 2.24) is 0 Å². The lowest BCUT2D eigenvalue weighted by molar-refractivity contribution is -0.159. The van der Waals surface area contributed by atoms with Gasteiger partial charge in [0.1, 0.15) is 11.2 Å². The molecule has 0 aromatic heterocycles. The standard InChI is InChI=1S/C18H25NO3/c1-22-17(21)18(12-7-3-6-11-16(18)20)13-8-14-19-15-9-4-2-5-10-15/h2,4-5,9-10,19H,3,6-8,11-14H2,1H3. The molecule has 1 unspecified atom stereocenters. The van der Waals surface area contributed by atoms with Gasteiger partial charge in [-0.05, 0) is 37.8 Å². The molecule has 22 heavy (non-hydrogen) atoms. The van der Waals surface area contributed by atoms with Gasteiger partial charge < -0.3 is 10.1 Å². The number of Topliss-reactive ketones (excluding diaryl/α,β-unsaturated/α-hetero) is 1. The van der Waals surface area contributed by atoms with Crippen LogP contribution in [0.1, 0.15) is 44.9 Å². The Labute approximate surface area is 132 Å². The molecule has 2 rings (SSSR count). The summed E-state index contributed by atoms with van der Waals surface area (Å²) in [6, 6.07) is 9.95. The fourth-order valence-electron chi connectivity index (χ4n) is 3.22. The van der Waals surface area contributed by atoms with Gasteiger partial charge in [-0.3, -0.25) is 9.59 Å². The number of esters is 1. The van der Waals surface area contributed by atoms with Gasteiger partial charge in [0.2, 0.25) is 0 Å². The van der Waals surface area contributed by atoms with Crippen molar-refractivity contribution in [3.8, 4) is 0 Å². The summed E-state index contributed by atoms with van der Waals surface area (Å²) in [6.45, 7) is 0.746. The molecule has 4 heteroatoms. The molecule has 0 spiro atoms. The predicted octanol–water partition coefficient (Wildman–Crippen LogP) is 3.57. The third-order valence-electron chi connectivity index (χ3n) is 4.50. The number of hydrogen-bond donors (Lipinski definition) is 1. The number of para-hydroxylation sites is 1. The van der Waals surface area contributed by atoms with E-state index in [2.05, 4.69) is 5.32 Å². The zero-order chi connectivity index (χ0) is 15.8. The Bertz CT molecular complexity index is 500. The monoisotopic (exact) mass is 303 g/mol. The third kappa shape index (κ3) is 3.87. The minimum atomic E-state index is -0.913. The Balaban J connectivity index is 1.95. The van der Waals surface area contributed by atoms with E-state index < -0.39 is 5.41 Å². The molecule has 0 aliphatic heterocycles. The van der Waals surface area contributed by atoms with Crippen molar-refractivity contribution in [2.75, 3.05) is 19.0 Å². The van der Waals surface area contributed by atoms with E-state index in [0.717, 1.165) is 37.9 Å². The van der Waals surface area contributed by atoms with Crippen LogP contribution in [0.4, 0.5) is 5.69 Å². The highest BCUT2D eigenvalue weighted by Crippen LogP contribution is 2.37. The van der Waals surface area contributed by atoms with Crippen LogP contribution in [0.25, 0.3) is 0 Å². The second-order valence-electron chi connectivity index (χ2n) is 5.95. The molecule has 1 fully saturated rings. The third-order valence-corrected chi connectivity index (χ3v) is 4.50. The molecular weight excluding hydrogens is 278 g/mol. The summed E-state index contributed by atoms with van der Waals surface area (Å²) in [6.07, 6.45) is 5.30. The average Bonchev–Trinajstić information content (AvgIpc) is 2.74. The fourth-order valence-corrected chi connectivity index (χ4v) is 3.22. The summed E-state index contributed by atoms with van der Waals surface area (Å²) >= 11 is 0. The summed E-state index contributed by atoms with van der Waals surface area (Å²) in [5.74, 6) is -0.282. The number of methoxy groups -OCH3 is 1. The second-order valence-corrected chi connectivity index (χ2v) is 5.95. The summed E-state index contributed by atoms with van der Waals surface area (Å²) in [4.78, 5) is 24.7. The Morgan fingerprint density at radius 2 is 2.00 bits per heavy atom. The zero-order valence-corrected chi connectivity index (χ0v) is 13.3. The minimum absolute atomic E-state index is 0.0663. The van der Waals surface area contributed by atoms with Crippen molar-refractivity contribution in [2.45, 2.75) is 44.9 Å². The topological polar surface area (TPSA) is 55.4 Å². The van der Waals surface area contributed by atoms with Crippen molar-refractivity contribution in [1.29, 1.82) is 0 Å². The predicted molar refractivity (Wildman–Crippen MR) is 86.7 cm³/mol. The Kier molecular flexibility index (Phi) is 5.99.